The zero-order valence-corrected chi connectivity index (χ0v) is 13.8. The summed E-state index contributed by atoms with van der Waals surface area (Å²) in [6.45, 7) is 9.76. The summed E-state index contributed by atoms with van der Waals surface area (Å²) in [6.07, 6.45) is 6.42. The van der Waals surface area contributed by atoms with Gasteiger partial charge in [-0.3, -0.25) is 4.79 Å². The van der Waals surface area contributed by atoms with Crippen molar-refractivity contribution in [2.75, 3.05) is 6.54 Å². The molecule has 0 saturated heterocycles. The molecule has 0 bridgehead atoms. The molecule has 0 aromatic rings. The molecule has 0 aliphatic heterocycles. The summed E-state index contributed by atoms with van der Waals surface area (Å²) in [5.74, 6) is 2.69. The van der Waals surface area contributed by atoms with Crippen LogP contribution in [0.25, 0.3) is 0 Å². The summed E-state index contributed by atoms with van der Waals surface area (Å²) >= 11 is 0. The molecule has 1 saturated carbocycles. The number of carbonyl (C=O) groups is 1. The van der Waals surface area contributed by atoms with Crippen molar-refractivity contribution >= 4 is 5.91 Å². The van der Waals surface area contributed by atoms with Crippen molar-refractivity contribution < 1.29 is 4.79 Å². The summed E-state index contributed by atoms with van der Waals surface area (Å²) in [4.78, 5) is 12.0. The molecule has 1 aliphatic rings. The minimum absolute atomic E-state index is 0.218. The predicted molar refractivity (Wildman–Crippen MR) is 85.3 cm³/mol. The Morgan fingerprint density at radius 1 is 1.20 bits per heavy atom. The van der Waals surface area contributed by atoms with Gasteiger partial charge < -0.3 is 11.1 Å². The van der Waals surface area contributed by atoms with E-state index in [-0.39, 0.29) is 5.91 Å². The van der Waals surface area contributed by atoms with Crippen LogP contribution in [0.15, 0.2) is 0 Å². The molecule has 2 unspecified atom stereocenters. The largest absolute Gasteiger partial charge is 0.356 e. The lowest BCUT2D eigenvalue weighted by Gasteiger charge is -2.27. The second-order valence-electron chi connectivity index (χ2n) is 7.29. The molecule has 0 spiro atoms. The monoisotopic (exact) mass is 282 g/mol. The number of nitrogens with one attached hydrogen (secondary N) is 1. The third kappa shape index (κ3) is 6.25. The molecule has 3 nitrogen and oxygen atoms in total. The maximum absolute atomic E-state index is 12.0. The zero-order valence-electron chi connectivity index (χ0n) is 13.8. The molecule has 1 rings (SSSR count). The standard InChI is InChI=1S/C17H34N2O/c1-12(2)16(13(3)4)11-19-17(20)9-8-14-6-5-7-15(18)10-14/h12-16H,5-11,18H2,1-4H3,(H,19,20). The van der Waals surface area contributed by atoms with Crippen molar-refractivity contribution in [1.82, 2.24) is 5.32 Å². The SMILES string of the molecule is CC(C)C(CNC(=O)CCC1CCCC(N)C1)C(C)C. The van der Waals surface area contributed by atoms with E-state index < -0.39 is 0 Å². The predicted octanol–water partition coefficient (Wildman–Crippen LogP) is 3.33. The van der Waals surface area contributed by atoms with Gasteiger partial charge in [-0.1, -0.05) is 40.5 Å². The van der Waals surface area contributed by atoms with Gasteiger partial charge in [-0.25, -0.2) is 0 Å². The smallest absolute Gasteiger partial charge is 0.220 e. The van der Waals surface area contributed by atoms with E-state index in [0.29, 0.717) is 36.1 Å². The molecule has 0 radical (unpaired) electrons. The summed E-state index contributed by atoms with van der Waals surface area (Å²) in [7, 11) is 0. The molecule has 2 atom stereocenters. The lowest BCUT2D eigenvalue weighted by molar-refractivity contribution is -0.121. The van der Waals surface area contributed by atoms with Gasteiger partial charge >= 0.3 is 0 Å². The number of nitrogens with two attached hydrogens (primary N) is 1. The van der Waals surface area contributed by atoms with Crippen LogP contribution in [0.4, 0.5) is 0 Å². The molecule has 0 heterocycles. The van der Waals surface area contributed by atoms with Gasteiger partial charge in [0.05, 0.1) is 0 Å². The van der Waals surface area contributed by atoms with Gasteiger partial charge in [-0.15, -0.1) is 0 Å². The second kappa shape index (κ2) is 8.66. The minimum atomic E-state index is 0.218. The number of hydrogen-bond donors (Lipinski definition) is 2. The van der Waals surface area contributed by atoms with Crippen molar-refractivity contribution in [3.63, 3.8) is 0 Å². The number of rotatable bonds is 7. The van der Waals surface area contributed by atoms with E-state index in [1.54, 1.807) is 0 Å². The van der Waals surface area contributed by atoms with Crippen LogP contribution in [0.2, 0.25) is 0 Å². The molecule has 20 heavy (non-hydrogen) atoms. The van der Waals surface area contributed by atoms with Crippen molar-refractivity contribution in [2.24, 2.45) is 29.4 Å². The maximum atomic E-state index is 12.0. The first-order chi connectivity index (χ1) is 9.40. The lowest BCUT2D eigenvalue weighted by atomic mass is 9.83. The molecule has 0 aromatic heterocycles. The fourth-order valence-corrected chi connectivity index (χ4v) is 3.49. The zero-order chi connectivity index (χ0) is 15.1. The van der Waals surface area contributed by atoms with Gasteiger partial charge in [0.2, 0.25) is 5.91 Å². The molecule has 3 heteroatoms. The first-order valence-corrected chi connectivity index (χ1v) is 8.42. The minimum Gasteiger partial charge on any atom is -0.356 e. The van der Waals surface area contributed by atoms with Crippen molar-refractivity contribution in [3.8, 4) is 0 Å². The van der Waals surface area contributed by atoms with Crippen molar-refractivity contribution in [1.29, 1.82) is 0 Å². The van der Waals surface area contributed by atoms with Gasteiger partial charge in [0.1, 0.15) is 0 Å². The van der Waals surface area contributed by atoms with Crippen LogP contribution in [0.1, 0.15) is 66.2 Å². The van der Waals surface area contributed by atoms with Crippen LogP contribution in [-0.2, 0) is 4.79 Å². The highest BCUT2D eigenvalue weighted by Gasteiger charge is 2.21. The Bertz CT molecular complexity index is 281. The van der Waals surface area contributed by atoms with Gasteiger partial charge in [0, 0.05) is 19.0 Å². The Morgan fingerprint density at radius 2 is 1.85 bits per heavy atom. The van der Waals surface area contributed by atoms with Crippen LogP contribution in [-0.4, -0.2) is 18.5 Å². The summed E-state index contributed by atoms with van der Waals surface area (Å²) in [6, 6.07) is 0.364. The van der Waals surface area contributed by atoms with E-state index in [9.17, 15) is 4.79 Å². The molecule has 0 aromatic carbocycles. The molecular weight excluding hydrogens is 248 g/mol. The van der Waals surface area contributed by atoms with Crippen LogP contribution >= 0.6 is 0 Å². The number of amides is 1. The molecule has 1 amide bonds. The highest BCUT2D eigenvalue weighted by Crippen LogP contribution is 2.26. The fourth-order valence-electron chi connectivity index (χ4n) is 3.49. The quantitative estimate of drug-likeness (QED) is 0.752. The van der Waals surface area contributed by atoms with Gasteiger partial charge in [0.15, 0.2) is 0 Å². The second-order valence-corrected chi connectivity index (χ2v) is 7.29. The first kappa shape index (κ1) is 17.5. The Kier molecular flexibility index (Phi) is 7.57. The molecule has 3 N–H and O–H groups in total. The van der Waals surface area contributed by atoms with E-state index in [1.165, 1.54) is 12.8 Å². The van der Waals surface area contributed by atoms with Crippen LogP contribution in [0.5, 0.6) is 0 Å². The average Bonchev–Trinajstić information content (AvgIpc) is 2.35. The molecule has 118 valence electrons. The average molecular weight is 282 g/mol. The first-order valence-electron chi connectivity index (χ1n) is 8.42. The Labute approximate surface area is 125 Å². The van der Waals surface area contributed by atoms with Crippen LogP contribution in [0.3, 0.4) is 0 Å². The topological polar surface area (TPSA) is 55.1 Å². The van der Waals surface area contributed by atoms with E-state index in [2.05, 4.69) is 33.0 Å². The highest BCUT2D eigenvalue weighted by atomic mass is 16.1. The van der Waals surface area contributed by atoms with Gasteiger partial charge in [-0.05, 0) is 42.9 Å². The van der Waals surface area contributed by atoms with Gasteiger partial charge in [0.25, 0.3) is 0 Å². The Balaban J connectivity index is 2.22. The third-order valence-corrected chi connectivity index (χ3v) is 4.85. The Hall–Kier alpha value is -0.570. The van der Waals surface area contributed by atoms with E-state index in [4.69, 9.17) is 5.73 Å². The molecule has 1 fully saturated rings. The van der Waals surface area contributed by atoms with Crippen LogP contribution < -0.4 is 11.1 Å². The fraction of sp³-hybridized carbons (Fsp3) is 0.941. The normalized spacial score (nSPS) is 23.6. The molecule has 1 aliphatic carbocycles. The van der Waals surface area contributed by atoms with Crippen LogP contribution in [0, 0.1) is 23.7 Å². The van der Waals surface area contributed by atoms with E-state index in [0.717, 1.165) is 25.8 Å². The number of hydrogen-bond acceptors (Lipinski definition) is 2. The summed E-state index contributed by atoms with van der Waals surface area (Å²) < 4.78 is 0. The van der Waals surface area contributed by atoms with E-state index >= 15 is 0 Å². The maximum Gasteiger partial charge on any atom is 0.220 e. The number of carbonyl (C=O) groups excluding carboxylic acids is 1. The highest BCUT2D eigenvalue weighted by molar-refractivity contribution is 5.75. The van der Waals surface area contributed by atoms with Crippen molar-refractivity contribution in [3.05, 3.63) is 0 Å². The summed E-state index contributed by atoms with van der Waals surface area (Å²) in [5, 5.41) is 3.13. The Morgan fingerprint density at radius 3 is 2.40 bits per heavy atom. The third-order valence-electron chi connectivity index (χ3n) is 4.85. The molecular formula is C17H34N2O. The van der Waals surface area contributed by atoms with Crippen molar-refractivity contribution in [2.45, 2.75) is 72.3 Å². The van der Waals surface area contributed by atoms with Gasteiger partial charge in [-0.2, -0.15) is 0 Å². The van der Waals surface area contributed by atoms with E-state index in [1.807, 2.05) is 0 Å². The summed E-state index contributed by atoms with van der Waals surface area (Å²) in [5.41, 5.74) is 6.00. The lowest BCUT2D eigenvalue weighted by Crippen LogP contribution is -2.34.